The molecule has 1 heterocycles. The molecular weight excluding hydrogens is 261 g/mol. The van der Waals surface area contributed by atoms with Gasteiger partial charge in [0, 0.05) is 6.07 Å². The first-order chi connectivity index (χ1) is 9.35. The van der Waals surface area contributed by atoms with Crippen molar-refractivity contribution in [3.8, 4) is 5.69 Å². The normalized spacial score (nSPS) is 11.2. The number of benzene rings is 1. The van der Waals surface area contributed by atoms with E-state index in [-0.39, 0.29) is 5.82 Å². The molecule has 106 valence electrons. The molecule has 1 N–H and O–H groups in total. The van der Waals surface area contributed by atoms with Gasteiger partial charge in [-0.3, -0.25) is 5.32 Å². The minimum Gasteiger partial charge on any atom is -0.444 e. The number of hydrogen-bond donors (Lipinski definition) is 1. The van der Waals surface area contributed by atoms with Crippen molar-refractivity contribution in [2.75, 3.05) is 5.32 Å². The summed E-state index contributed by atoms with van der Waals surface area (Å²) in [4.78, 5) is 11.7. The molecule has 20 heavy (non-hydrogen) atoms. The van der Waals surface area contributed by atoms with Crippen LogP contribution in [0.4, 0.5) is 15.0 Å². The molecule has 0 unspecified atom stereocenters. The fourth-order valence-corrected chi connectivity index (χ4v) is 1.59. The third kappa shape index (κ3) is 3.57. The van der Waals surface area contributed by atoms with Crippen LogP contribution >= 0.6 is 0 Å². The highest BCUT2D eigenvalue weighted by Gasteiger charge is 2.17. The largest absolute Gasteiger partial charge is 0.444 e. The van der Waals surface area contributed by atoms with E-state index in [1.165, 1.54) is 23.0 Å². The van der Waals surface area contributed by atoms with E-state index in [9.17, 15) is 9.18 Å². The fourth-order valence-electron chi connectivity index (χ4n) is 1.59. The van der Waals surface area contributed by atoms with Gasteiger partial charge in [-0.25, -0.2) is 13.9 Å². The third-order valence-electron chi connectivity index (χ3n) is 2.34. The highest BCUT2D eigenvalue weighted by molar-refractivity contribution is 5.84. The zero-order valence-electron chi connectivity index (χ0n) is 11.6. The average Bonchev–Trinajstić information content (AvgIpc) is 2.75. The average molecular weight is 277 g/mol. The minimum absolute atomic E-state index is 0.331. The van der Waals surface area contributed by atoms with Gasteiger partial charge in [-0.2, -0.15) is 5.10 Å². The van der Waals surface area contributed by atoms with Gasteiger partial charge in [-0.1, -0.05) is 0 Å². The van der Waals surface area contributed by atoms with Crippen LogP contribution in [0, 0.1) is 5.82 Å². The van der Waals surface area contributed by atoms with E-state index in [2.05, 4.69) is 10.4 Å². The monoisotopic (exact) mass is 277 g/mol. The maximum Gasteiger partial charge on any atom is 0.413 e. The number of carbonyl (C=O) groups excluding carboxylic acids is 1. The van der Waals surface area contributed by atoms with E-state index in [1.807, 2.05) is 0 Å². The maximum atomic E-state index is 12.9. The number of aromatic nitrogens is 2. The van der Waals surface area contributed by atoms with Crippen LogP contribution in [0.1, 0.15) is 20.8 Å². The van der Waals surface area contributed by atoms with Gasteiger partial charge in [-0.05, 0) is 45.0 Å². The van der Waals surface area contributed by atoms with Crippen molar-refractivity contribution >= 4 is 11.9 Å². The van der Waals surface area contributed by atoms with Crippen LogP contribution in [0.5, 0.6) is 0 Å². The molecule has 1 amide bonds. The summed E-state index contributed by atoms with van der Waals surface area (Å²) < 4.78 is 19.6. The lowest BCUT2D eigenvalue weighted by Gasteiger charge is -2.19. The molecule has 1 aromatic heterocycles. The quantitative estimate of drug-likeness (QED) is 0.915. The molecule has 0 spiro atoms. The molecule has 0 aliphatic rings. The molecule has 0 bridgehead atoms. The first kappa shape index (κ1) is 14.0. The summed E-state index contributed by atoms with van der Waals surface area (Å²) in [6.07, 6.45) is 0.970. The predicted molar refractivity (Wildman–Crippen MR) is 73.4 cm³/mol. The zero-order chi connectivity index (χ0) is 14.8. The van der Waals surface area contributed by atoms with Gasteiger partial charge in [0.2, 0.25) is 0 Å². The van der Waals surface area contributed by atoms with Crippen molar-refractivity contribution in [3.63, 3.8) is 0 Å². The molecule has 1 aromatic carbocycles. The Balaban J connectivity index is 2.17. The van der Waals surface area contributed by atoms with Crippen LogP contribution in [-0.4, -0.2) is 21.5 Å². The second-order valence-electron chi connectivity index (χ2n) is 5.23. The van der Waals surface area contributed by atoms with E-state index >= 15 is 0 Å². The Kier molecular flexibility index (Phi) is 3.74. The molecule has 0 atom stereocenters. The van der Waals surface area contributed by atoms with Crippen molar-refractivity contribution in [2.45, 2.75) is 26.4 Å². The van der Waals surface area contributed by atoms with E-state index in [4.69, 9.17) is 4.74 Å². The van der Waals surface area contributed by atoms with Crippen LogP contribution in [0.3, 0.4) is 0 Å². The number of nitrogens with one attached hydrogen (secondary N) is 1. The summed E-state index contributed by atoms with van der Waals surface area (Å²) in [5.74, 6) is 0.119. The zero-order valence-corrected chi connectivity index (χ0v) is 11.6. The lowest BCUT2D eigenvalue weighted by atomic mass is 10.2. The van der Waals surface area contributed by atoms with Gasteiger partial charge in [0.15, 0.2) is 0 Å². The Morgan fingerprint density at radius 3 is 2.50 bits per heavy atom. The van der Waals surface area contributed by atoms with E-state index in [0.717, 1.165) is 0 Å². The molecule has 2 rings (SSSR count). The van der Waals surface area contributed by atoms with Crippen molar-refractivity contribution < 1.29 is 13.9 Å². The third-order valence-corrected chi connectivity index (χ3v) is 2.34. The second kappa shape index (κ2) is 5.32. The number of carbonyl (C=O) groups is 1. The number of anilines is 1. The minimum atomic E-state index is -0.579. The molecule has 2 aromatic rings. The lowest BCUT2D eigenvalue weighted by Crippen LogP contribution is -2.27. The standard InChI is InChI=1S/C14H16FN3O2/c1-14(2,3)20-13(19)17-12-8-9-16-18(12)11-6-4-10(15)5-7-11/h4-9H,1-3H3,(H,17,19). The lowest BCUT2D eigenvalue weighted by molar-refractivity contribution is 0.0635. The molecule has 0 aliphatic carbocycles. The molecule has 0 radical (unpaired) electrons. The van der Waals surface area contributed by atoms with E-state index < -0.39 is 11.7 Å². The molecule has 6 heteroatoms. The maximum absolute atomic E-state index is 12.9. The van der Waals surface area contributed by atoms with Gasteiger partial charge < -0.3 is 4.74 Å². The number of halogens is 1. The van der Waals surface area contributed by atoms with Gasteiger partial charge >= 0.3 is 6.09 Å². The Hall–Kier alpha value is -2.37. The number of amides is 1. The Labute approximate surface area is 116 Å². The number of ether oxygens (including phenoxy) is 1. The van der Waals surface area contributed by atoms with Crippen molar-refractivity contribution in [1.29, 1.82) is 0 Å². The van der Waals surface area contributed by atoms with Crippen molar-refractivity contribution in [2.24, 2.45) is 0 Å². The van der Waals surface area contributed by atoms with Gasteiger partial charge in [0.05, 0.1) is 11.9 Å². The van der Waals surface area contributed by atoms with Gasteiger partial charge in [0.1, 0.15) is 17.2 Å². The first-order valence-electron chi connectivity index (χ1n) is 6.15. The van der Waals surface area contributed by atoms with Crippen LogP contribution in [0.15, 0.2) is 36.5 Å². The summed E-state index contributed by atoms with van der Waals surface area (Å²) >= 11 is 0. The van der Waals surface area contributed by atoms with E-state index in [1.54, 1.807) is 39.0 Å². The molecule has 5 nitrogen and oxygen atoms in total. The van der Waals surface area contributed by atoms with Crippen LogP contribution in [0.2, 0.25) is 0 Å². The van der Waals surface area contributed by atoms with Crippen LogP contribution in [-0.2, 0) is 4.74 Å². The Bertz CT molecular complexity index is 600. The number of nitrogens with zero attached hydrogens (tertiary/aromatic N) is 2. The van der Waals surface area contributed by atoms with Crippen LogP contribution < -0.4 is 5.32 Å². The summed E-state index contributed by atoms with van der Waals surface area (Å²) in [5, 5.41) is 6.70. The topological polar surface area (TPSA) is 56.1 Å². The molecule has 0 aliphatic heterocycles. The predicted octanol–water partition coefficient (Wildman–Crippen LogP) is 3.36. The number of rotatable bonds is 2. The molecule has 0 saturated carbocycles. The van der Waals surface area contributed by atoms with Crippen molar-refractivity contribution in [3.05, 3.63) is 42.3 Å². The highest BCUT2D eigenvalue weighted by atomic mass is 19.1. The number of hydrogen-bond acceptors (Lipinski definition) is 3. The summed E-state index contributed by atoms with van der Waals surface area (Å²) in [7, 11) is 0. The Morgan fingerprint density at radius 1 is 1.25 bits per heavy atom. The summed E-state index contributed by atoms with van der Waals surface area (Å²) in [6, 6.07) is 7.43. The van der Waals surface area contributed by atoms with E-state index in [0.29, 0.717) is 11.5 Å². The van der Waals surface area contributed by atoms with Gasteiger partial charge in [-0.15, -0.1) is 0 Å². The molecular formula is C14H16FN3O2. The molecule has 0 fully saturated rings. The molecule has 0 saturated heterocycles. The van der Waals surface area contributed by atoms with Crippen LogP contribution in [0.25, 0.3) is 5.69 Å². The fraction of sp³-hybridized carbons (Fsp3) is 0.286. The Morgan fingerprint density at radius 2 is 1.90 bits per heavy atom. The summed E-state index contributed by atoms with van der Waals surface area (Å²) in [6.45, 7) is 5.34. The van der Waals surface area contributed by atoms with Crippen molar-refractivity contribution in [1.82, 2.24) is 9.78 Å². The first-order valence-corrected chi connectivity index (χ1v) is 6.15. The highest BCUT2D eigenvalue weighted by Crippen LogP contribution is 2.16. The SMILES string of the molecule is CC(C)(C)OC(=O)Nc1ccnn1-c1ccc(F)cc1. The smallest absolute Gasteiger partial charge is 0.413 e. The summed E-state index contributed by atoms with van der Waals surface area (Å²) in [5.41, 5.74) is 0.0626. The second-order valence-corrected chi connectivity index (χ2v) is 5.23. The van der Waals surface area contributed by atoms with Gasteiger partial charge in [0.25, 0.3) is 0 Å².